The molecule has 1 atom stereocenters. The standard InChI is InChI=1S/C18H17N3/c1-12-7-3-4-8-13(12)17(20)18-15(11-19)14-9-5-6-10-16(14)21(18)2/h3-10,17H,20H2,1-2H3. The van der Waals surface area contributed by atoms with Crippen molar-refractivity contribution in [2.75, 3.05) is 0 Å². The molecule has 1 heterocycles. The number of fused-ring (bicyclic) bond motifs is 1. The van der Waals surface area contributed by atoms with Gasteiger partial charge in [-0.15, -0.1) is 0 Å². The number of nitrogens with zero attached hydrogens (tertiary/aromatic N) is 2. The van der Waals surface area contributed by atoms with E-state index in [0.717, 1.165) is 27.7 Å². The van der Waals surface area contributed by atoms with Crippen molar-refractivity contribution in [1.29, 1.82) is 5.26 Å². The fourth-order valence-electron chi connectivity index (χ4n) is 2.98. The lowest BCUT2D eigenvalue weighted by Gasteiger charge is -2.16. The molecule has 0 saturated carbocycles. The first-order chi connectivity index (χ1) is 10.1. The molecule has 0 aliphatic heterocycles. The lowest BCUT2D eigenvalue weighted by atomic mass is 9.97. The van der Waals surface area contributed by atoms with E-state index in [9.17, 15) is 5.26 Å². The lowest BCUT2D eigenvalue weighted by molar-refractivity contribution is 0.754. The first-order valence-electron chi connectivity index (χ1n) is 6.93. The predicted molar refractivity (Wildman–Crippen MR) is 84.8 cm³/mol. The first-order valence-corrected chi connectivity index (χ1v) is 6.93. The van der Waals surface area contributed by atoms with Crippen LogP contribution in [0, 0.1) is 18.3 Å². The van der Waals surface area contributed by atoms with Crippen LogP contribution in [0.15, 0.2) is 48.5 Å². The van der Waals surface area contributed by atoms with Crippen molar-refractivity contribution in [2.45, 2.75) is 13.0 Å². The minimum absolute atomic E-state index is 0.307. The molecule has 2 aromatic carbocycles. The molecule has 1 aromatic heterocycles. The van der Waals surface area contributed by atoms with Gasteiger partial charge in [0.1, 0.15) is 6.07 Å². The monoisotopic (exact) mass is 275 g/mol. The molecule has 2 N–H and O–H groups in total. The van der Waals surface area contributed by atoms with E-state index in [1.165, 1.54) is 0 Å². The Morgan fingerprint density at radius 1 is 1.10 bits per heavy atom. The Morgan fingerprint density at radius 2 is 1.76 bits per heavy atom. The van der Waals surface area contributed by atoms with E-state index in [1.54, 1.807) is 0 Å². The molecular weight excluding hydrogens is 258 g/mol. The summed E-state index contributed by atoms with van der Waals surface area (Å²) in [7, 11) is 1.97. The molecule has 0 aliphatic rings. The number of nitrogens with two attached hydrogens (primary N) is 1. The number of benzene rings is 2. The third-order valence-electron chi connectivity index (χ3n) is 4.08. The van der Waals surface area contributed by atoms with Crippen LogP contribution in [0.4, 0.5) is 0 Å². The number of nitriles is 1. The molecule has 3 nitrogen and oxygen atoms in total. The highest BCUT2D eigenvalue weighted by Gasteiger charge is 2.22. The lowest BCUT2D eigenvalue weighted by Crippen LogP contribution is -2.17. The summed E-state index contributed by atoms with van der Waals surface area (Å²) in [5.74, 6) is 0. The molecular formula is C18H17N3. The van der Waals surface area contributed by atoms with Crippen LogP contribution < -0.4 is 5.73 Å². The number of aryl methyl sites for hydroxylation is 2. The van der Waals surface area contributed by atoms with Gasteiger partial charge in [0.15, 0.2) is 0 Å². The molecule has 0 amide bonds. The zero-order chi connectivity index (χ0) is 15.0. The van der Waals surface area contributed by atoms with Crippen molar-refractivity contribution in [2.24, 2.45) is 12.8 Å². The summed E-state index contributed by atoms with van der Waals surface area (Å²) in [6, 6.07) is 18.0. The summed E-state index contributed by atoms with van der Waals surface area (Å²) in [6.45, 7) is 2.05. The van der Waals surface area contributed by atoms with Crippen LogP contribution in [0.2, 0.25) is 0 Å². The highest BCUT2D eigenvalue weighted by Crippen LogP contribution is 2.31. The molecule has 21 heavy (non-hydrogen) atoms. The van der Waals surface area contributed by atoms with Crippen LogP contribution in [0.5, 0.6) is 0 Å². The van der Waals surface area contributed by atoms with Gasteiger partial charge in [0, 0.05) is 18.0 Å². The average Bonchev–Trinajstić information content (AvgIpc) is 2.80. The molecule has 0 bridgehead atoms. The van der Waals surface area contributed by atoms with Gasteiger partial charge in [-0.05, 0) is 24.1 Å². The average molecular weight is 275 g/mol. The molecule has 3 aromatic rings. The fourth-order valence-corrected chi connectivity index (χ4v) is 2.98. The summed E-state index contributed by atoms with van der Waals surface area (Å²) in [5.41, 5.74) is 11.3. The topological polar surface area (TPSA) is 54.7 Å². The number of para-hydroxylation sites is 1. The zero-order valence-corrected chi connectivity index (χ0v) is 12.2. The summed E-state index contributed by atoms with van der Waals surface area (Å²) in [6.07, 6.45) is 0. The van der Waals surface area contributed by atoms with Crippen molar-refractivity contribution >= 4 is 10.9 Å². The van der Waals surface area contributed by atoms with Crippen molar-refractivity contribution in [1.82, 2.24) is 4.57 Å². The second-order valence-corrected chi connectivity index (χ2v) is 5.28. The molecule has 1 unspecified atom stereocenters. The largest absolute Gasteiger partial charge is 0.345 e. The summed E-state index contributed by atoms with van der Waals surface area (Å²) >= 11 is 0. The van der Waals surface area contributed by atoms with E-state index in [0.29, 0.717) is 5.56 Å². The van der Waals surface area contributed by atoms with Crippen molar-refractivity contribution in [3.8, 4) is 6.07 Å². The number of hydrogen-bond donors (Lipinski definition) is 1. The normalized spacial score (nSPS) is 12.3. The fraction of sp³-hybridized carbons (Fsp3) is 0.167. The molecule has 104 valence electrons. The third-order valence-corrected chi connectivity index (χ3v) is 4.08. The third kappa shape index (κ3) is 2.01. The quantitative estimate of drug-likeness (QED) is 0.779. The Labute approximate surface area is 124 Å². The Kier molecular flexibility index (Phi) is 3.25. The van der Waals surface area contributed by atoms with Crippen LogP contribution in [-0.4, -0.2) is 4.57 Å². The molecule has 0 saturated heterocycles. The molecule has 0 radical (unpaired) electrons. The van der Waals surface area contributed by atoms with Crippen molar-refractivity contribution < 1.29 is 0 Å². The van der Waals surface area contributed by atoms with E-state index in [2.05, 4.69) is 6.07 Å². The Balaban J connectivity index is 2.28. The van der Waals surface area contributed by atoms with Crippen LogP contribution in [0.3, 0.4) is 0 Å². The smallest absolute Gasteiger partial charge is 0.102 e. The minimum atomic E-state index is -0.307. The molecule has 0 aliphatic carbocycles. The molecule has 0 spiro atoms. The maximum atomic E-state index is 9.58. The summed E-state index contributed by atoms with van der Waals surface area (Å²) < 4.78 is 2.03. The van der Waals surface area contributed by atoms with E-state index < -0.39 is 0 Å². The Morgan fingerprint density at radius 3 is 2.48 bits per heavy atom. The van der Waals surface area contributed by atoms with Crippen LogP contribution in [0.1, 0.15) is 28.4 Å². The second-order valence-electron chi connectivity index (χ2n) is 5.28. The highest BCUT2D eigenvalue weighted by atomic mass is 15.0. The summed E-state index contributed by atoms with van der Waals surface area (Å²) in [5, 5.41) is 10.5. The Hall–Kier alpha value is -2.57. The maximum Gasteiger partial charge on any atom is 0.102 e. The number of rotatable bonds is 2. The molecule has 3 heteroatoms. The van der Waals surface area contributed by atoms with Gasteiger partial charge in [-0.25, -0.2) is 0 Å². The minimum Gasteiger partial charge on any atom is -0.345 e. The van der Waals surface area contributed by atoms with Gasteiger partial charge in [-0.1, -0.05) is 42.5 Å². The van der Waals surface area contributed by atoms with Crippen molar-refractivity contribution in [3.63, 3.8) is 0 Å². The van der Waals surface area contributed by atoms with Gasteiger partial charge in [0.25, 0.3) is 0 Å². The van der Waals surface area contributed by atoms with Gasteiger partial charge >= 0.3 is 0 Å². The van der Waals surface area contributed by atoms with E-state index in [1.807, 2.05) is 67.1 Å². The molecule has 0 fully saturated rings. The van der Waals surface area contributed by atoms with Crippen LogP contribution >= 0.6 is 0 Å². The summed E-state index contributed by atoms with van der Waals surface area (Å²) in [4.78, 5) is 0. The number of hydrogen-bond acceptors (Lipinski definition) is 2. The van der Waals surface area contributed by atoms with Crippen molar-refractivity contribution in [3.05, 3.63) is 70.9 Å². The first kappa shape index (κ1) is 13.4. The SMILES string of the molecule is Cc1ccccc1C(N)c1c(C#N)c2ccccc2n1C. The van der Waals surface area contributed by atoms with Gasteiger partial charge in [-0.3, -0.25) is 0 Å². The second kappa shape index (κ2) is 5.08. The van der Waals surface area contributed by atoms with Gasteiger partial charge in [0.2, 0.25) is 0 Å². The van der Waals surface area contributed by atoms with E-state index >= 15 is 0 Å². The van der Waals surface area contributed by atoms with Crippen LogP contribution in [-0.2, 0) is 7.05 Å². The Bertz CT molecular complexity index is 853. The predicted octanol–water partition coefficient (Wildman–Crippen LogP) is 3.41. The van der Waals surface area contributed by atoms with Gasteiger partial charge < -0.3 is 10.3 Å². The van der Waals surface area contributed by atoms with E-state index in [-0.39, 0.29) is 6.04 Å². The number of aromatic nitrogens is 1. The highest BCUT2D eigenvalue weighted by molar-refractivity contribution is 5.88. The molecule has 3 rings (SSSR count). The van der Waals surface area contributed by atoms with Gasteiger partial charge in [0.05, 0.1) is 17.3 Å². The zero-order valence-electron chi connectivity index (χ0n) is 12.2. The maximum absolute atomic E-state index is 9.58. The van der Waals surface area contributed by atoms with Crippen LogP contribution in [0.25, 0.3) is 10.9 Å². The van der Waals surface area contributed by atoms with E-state index in [4.69, 9.17) is 5.73 Å². The van der Waals surface area contributed by atoms with Gasteiger partial charge in [-0.2, -0.15) is 5.26 Å².